The molecule has 1 amide bonds. The molecule has 0 aliphatic rings. The number of carbonyl (C=O) groups is 1. The lowest BCUT2D eigenvalue weighted by atomic mass is 10.2. The molecule has 1 heterocycles. The molecule has 156 valence electrons. The van der Waals surface area contributed by atoms with Crippen LogP contribution >= 0.6 is 0 Å². The minimum absolute atomic E-state index is 0.238. The van der Waals surface area contributed by atoms with Gasteiger partial charge in [0.1, 0.15) is 0 Å². The largest absolute Gasteiger partial charge is 0.323 e. The molecule has 3 N–H and O–H groups in total. The number of aromatic nitrogens is 1. The molecule has 0 radical (unpaired) electrons. The van der Waals surface area contributed by atoms with E-state index in [0.717, 1.165) is 22.6 Å². The van der Waals surface area contributed by atoms with E-state index >= 15 is 0 Å². The summed E-state index contributed by atoms with van der Waals surface area (Å²) in [5.41, 5.74) is 6.53. The van der Waals surface area contributed by atoms with Crippen LogP contribution < -0.4 is 10.5 Å². The summed E-state index contributed by atoms with van der Waals surface area (Å²) in [6.45, 7) is 6.11. The first-order valence-electron chi connectivity index (χ1n) is 9.47. The Hall–Kier alpha value is -3.16. The first-order valence-corrected chi connectivity index (χ1v) is 11.2. The Morgan fingerprint density at radius 1 is 1.03 bits per heavy atom. The highest BCUT2D eigenvalue weighted by atomic mass is 32.2. The van der Waals surface area contributed by atoms with Crippen LogP contribution in [0, 0.1) is 20.8 Å². The number of hydrogen-bond donors (Lipinski definition) is 2. The summed E-state index contributed by atoms with van der Waals surface area (Å²) in [4.78, 5) is 12.3. The molecule has 0 saturated carbocycles. The molecule has 2 aromatic carbocycles. The minimum Gasteiger partial charge on any atom is -0.323 e. The molecule has 7 heteroatoms. The molecule has 3 rings (SSSR count). The first-order chi connectivity index (χ1) is 14.1. The van der Waals surface area contributed by atoms with Crippen molar-refractivity contribution in [3.8, 4) is 5.69 Å². The maximum Gasteiger partial charge on any atom is 0.248 e. The van der Waals surface area contributed by atoms with E-state index in [1.165, 1.54) is 11.6 Å². The Morgan fingerprint density at radius 3 is 2.27 bits per heavy atom. The highest BCUT2D eigenvalue weighted by Gasteiger charge is 2.09. The van der Waals surface area contributed by atoms with E-state index in [2.05, 4.69) is 41.1 Å². The fourth-order valence-corrected chi connectivity index (χ4v) is 3.97. The van der Waals surface area contributed by atoms with Crippen molar-refractivity contribution in [1.82, 2.24) is 4.57 Å². The number of nitrogens with two attached hydrogens (primary N) is 1. The van der Waals surface area contributed by atoms with Crippen LogP contribution in [0.25, 0.3) is 11.8 Å². The number of nitrogens with one attached hydrogen (secondary N) is 1. The molecule has 0 unspecified atom stereocenters. The molecule has 0 fully saturated rings. The van der Waals surface area contributed by atoms with E-state index in [1.807, 2.05) is 19.9 Å². The van der Waals surface area contributed by atoms with Gasteiger partial charge in [-0.05, 0) is 68.3 Å². The predicted molar refractivity (Wildman–Crippen MR) is 121 cm³/mol. The lowest BCUT2D eigenvalue weighted by molar-refractivity contribution is -0.111. The average Bonchev–Trinajstić information content (AvgIpc) is 2.95. The predicted octanol–water partition coefficient (Wildman–Crippen LogP) is 3.84. The Morgan fingerprint density at radius 2 is 1.67 bits per heavy atom. The fraction of sp³-hybridized carbons (Fsp3) is 0.174. The zero-order chi connectivity index (χ0) is 21.9. The van der Waals surface area contributed by atoms with Crippen molar-refractivity contribution >= 4 is 27.7 Å². The Balaban J connectivity index is 1.71. The third-order valence-electron chi connectivity index (χ3n) is 4.77. The van der Waals surface area contributed by atoms with Gasteiger partial charge in [0.15, 0.2) is 0 Å². The van der Waals surface area contributed by atoms with Crippen LogP contribution in [0.2, 0.25) is 0 Å². The molecule has 1 aromatic heterocycles. The average molecular weight is 424 g/mol. The van der Waals surface area contributed by atoms with Crippen LogP contribution in [0.5, 0.6) is 0 Å². The van der Waals surface area contributed by atoms with E-state index in [9.17, 15) is 13.2 Å². The third-order valence-corrected chi connectivity index (χ3v) is 5.50. The van der Waals surface area contributed by atoms with Crippen LogP contribution in [0.4, 0.5) is 5.69 Å². The van der Waals surface area contributed by atoms with Crippen molar-refractivity contribution < 1.29 is 13.2 Å². The van der Waals surface area contributed by atoms with Crippen LogP contribution in [0.15, 0.2) is 60.7 Å². The maximum atomic E-state index is 12.3. The van der Waals surface area contributed by atoms with Crippen molar-refractivity contribution in [3.05, 3.63) is 88.8 Å². The summed E-state index contributed by atoms with van der Waals surface area (Å²) in [6, 6.07) is 16.9. The van der Waals surface area contributed by atoms with Crippen LogP contribution in [-0.4, -0.2) is 18.9 Å². The second kappa shape index (κ2) is 8.69. The lowest BCUT2D eigenvalue weighted by Crippen LogP contribution is -2.14. The molecule has 30 heavy (non-hydrogen) atoms. The SMILES string of the molecule is Cc1ccc(-n2c(C)cc(/C=C/C(=O)Nc3ccc(CS(N)(=O)=O)cc3)c2C)cc1. The van der Waals surface area contributed by atoms with Gasteiger partial charge in [-0.3, -0.25) is 4.79 Å². The van der Waals surface area contributed by atoms with Gasteiger partial charge in [0.05, 0.1) is 5.75 Å². The quantitative estimate of drug-likeness (QED) is 0.590. The zero-order valence-electron chi connectivity index (χ0n) is 17.2. The van der Waals surface area contributed by atoms with Crippen LogP contribution in [0.3, 0.4) is 0 Å². The Labute approximate surface area is 177 Å². The Kier molecular flexibility index (Phi) is 6.24. The van der Waals surface area contributed by atoms with Gasteiger partial charge in [-0.2, -0.15) is 0 Å². The summed E-state index contributed by atoms with van der Waals surface area (Å²) in [5, 5.41) is 7.81. The van der Waals surface area contributed by atoms with Gasteiger partial charge in [-0.15, -0.1) is 0 Å². The number of hydrogen-bond acceptors (Lipinski definition) is 3. The molecular formula is C23H25N3O3S. The number of benzene rings is 2. The number of primary sulfonamides is 1. The van der Waals surface area contributed by atoms with Gasteiger partial charge >= 0.3 is 0 Å². The smallest absolute Gasteiger partial charge is 0.248 e. The van der Waals surface area contributed by atoms with Crippen LogP contribution in [0.1, 0.15) is 28.1 Å². The Bertz CT molecular complexity index is 1190. The van der Waals surface area contributed by atoms with Crippen molar-refractivity contribution in [2.75, 3.05) is 5.32 Å². The molecule has 0 aliphatic carbocycles. The molecule has 0 aliphatic heterocycles. The van der Waals surface area contributed by atoms with Crippen LogP contribution in [-0.2, 0) is 20.6 Å². The highest BCUT2D eigenvalue weighted by molar-refractivity contribution is 7.88. The third kappa shape index (κ3) is 5.46. The number of sulfonamides is 1. The van der Waals surface area contributed by atoms with E-state index in [4.69, 9.17) is 5.14 Å². The van der Waals surface area contributed by atoms with Gasteiger partial charge in [0.25, 0.3) is 0 Å². The summed E-state index contributed by atoms with van der Waals surface area (Å²) < 4.78 is 24.4. The van der Waals surface area contributed by atoms with Gasteiger partial charge in [-0.25, -0.2) is 13.6 Å². The summed E-state index contributed by atoms with van der Waals surface area (Å²) in [5.74, 6) is -0.507. The van der Waals surface area contributed by atoms with Gasteiger partial charge < -0.3 is 9.88 Å². The van der Waals surface area contributed by atoms with E-state index in [1.54, 1.807) is 30.3 Å². The number of aryl methyl sites for hydroxylation is 2. The second-order valence-electron chi connectivity index (χ2n) is 7.32. The van der Waals surface area contributed by atoms with Crippen molar-refractivity contribution in [2.45, 2.75) is 26.5 Å². The fourth-order valence-electron chi connectivity index (χ4n) is 3.31. The molecule has 3 aromatic rings. The van der Waals surface area contributed by atoms with Crippen molar-refractivity contribution in [1.29, 1.82) is 0 Å². The highest BCUT2D eigenvalue weighted by Crippen LogP contribution is 2.22. The van der Waals surface area contributed by atoms with Crippen molar-refractivity contribution in [2.24, 2.45) is 5.14 Å². The number of carbonyl (C=O) groups excluding carboxylic acids is 1. The first kappa shape index (κ1) is 21.5. The van der Waals surface area contributed by atoms with Gasteiger partial charge in [0, 0.05) is 28.8 Å². The molecule has 0 spiro atoms. The maximum absolute atomic E-state index is 12.3. The standard InChI is InChI=1S/C23H25N3O3S/c1-16-4-11-22(12-5-16)26-17(2)14-20(18(26)3)8-13-23(27)25-21-9-6-19(7-10-21)15-30(24,28)29/h4-14H,15H2,1-3H3,(H,25,27)(H2,24,28,29)/b13-8+. The number of amides is 1. The molecular weight excluding hydrogens is 398 g/mol. The second-order valence-corrected chi connectivity index (χ2v) is 8.94. The monoisotopic (exact) mass is 423 g/mol. The summed E-state index contributed by atoms with van der Waals surface area (Å²) >= 11 is 0. The normalized spacial score (nSPS) is 11.7. The lowest BCUT2D eigenvalue weighted by Gasteiger charge is -2.10. The van der Waals surface area contributed by atoms with E-state index < -0.39 is 10.0 Å². The minimum atomic E-state index is -3.58. The molecule has 0 atom stereocenters. The number of anilines is 1. The molecule has 6 nitrogen and oxygen atoms in total. The van der Waals surface area contributed by atoms with Crippen molar-refractivity contribution in [3.63, 3.8) is 0 Å². The molecule has 0 saturated heterocycles. The summed E-state index contributed by atoms with van der Waals surface area (Å²) in [6.07, 6.45) is 3.28. The molecule has 0 bridgehead atoms. The van der Waals surface area contributed by atoms with E-state index in [-0.39, 0.29) is 11.7 Å². The summed E-state index contributed by atoms with van der Waals surface area (Å²) in [7, 11) is -3.58. The van der Waals surface area contributed by atoms with Gasteiger partial charge in [-0.1, -0.05) is 29.8 Å². The number of nitrogens with zero attached hydrogens (tertiary/aromatic N) is 1. The van der Waals surface area contributed by atoms with E-state index in [0.29, 0.717) is 11.3 Å². The number of rotatable bonds is 6. The van der Waals surface area contributed by atoms with Gasteiger partial charge in [0.2, 0.25) is 15.9 Å². The topological polar surface area (TPSA) is 94.2 Å². The zero-order valence-corrected chi connectivity index (χ0v) is 18.0.